The van der Waals surface area contributed by atoms with Crippen molar-refractivity contribution in [1.82, 2.24) is 9.80 Å². The lowest BCUT2D eigenvalue weighted by atomic mass is 10.3. The number of nitrogens with zero attached hydrogens (tertiary/aromatic N) is 3. The molecular formula is C9H21N5. The van der Waals surface area contributed by atoms with Crippen LogP contribution >= 0.6 is 0 Å². The second kappa shape index (κ2) is 5.29. The van der Waals surface area contributed by atoms with E-state index in [1.54, 1.807) is 0 Å². The molecular weight excluding hydrogens is 178 g/mol. The molecule has 1 heterocycles. The van der Waals surface area contributed by atoms with Crippen molar-refractivity contribution in [3.63, 3.8) is 0 Å². The Kier molecular flexibility index (Phi) is 4.31. The Morgan fingerprint density at radius 2 is 1.93 bits per heavy atom. The minimum absolute atomic E-state index is 0.261. The molecule has 5 nitrogen and oxygen atoms in total. The first kappa shape index (κ1) is 11.4. The summed E-state index contributed by atoms with van der Waals surface area (Å²) in [5, 5.41) is 0. The van der Waals surface area contributed by atoms with E-state index in [0.717, 1.165) is 32.6 Å². The second-order valence-electron chi connectivity index (χ2n) is 3.73. The fraction of sp³-hybridized carbons (Fsp3) is 0.889. The summed E-state index contributed by atoms with van der Waals surface area (Å²) in [6.07, 6.45) is 0.505. The first-order valence-corrected chi connectivity index (χ1v) is 5.13. The van der Waals surface area contributed by atoms with E-state index in [9.17, 15) is 0 Å². The largest absolute Gasteiger partial charge is 0.387 e. The van der Waals surface area contributed by atoms with Gasteiger partial charge < -0.3 is 10.6 Å². The molecule has 14 heavy (non-hydrogen) atoms. The van der Waals surface area contributed by atoms with Crippen molar-refractivity contribution in [3.8, 4) is 0 Å². The summed E-state index contributed by atoms with van der Waals surface area (Å²) in [6, 6.07) is 0. The molecule has 0 bridgehead atoms. The Hall–Kier alpha value is -0.650. The van der Waals surface area contributed by atoms with Crippen LogP contribution in [0.15, 0.2) is 4.99 Å². The molecule has 0 amide bonds. The van der Waals surface area contributed by atoms with Gasteiger partial charge >= 0.3 is 0 Å². The van der Waals surface area contributed by atoms with Crippen molar-refractivity contribution in [2.75, 3.05) is 33.2 Å². The van der Waals surface area contributed by atoms with Gasteiger partial charge in [0.1, 0.15) is 0 Å². The van der Waals surface area contributed by atoms with E-state index in [-0.39, 0.29) is 6.29 Å². The van der Waals surface area contributed by atoms with Gasteiger partial charge in [0.25, 0.3) is 0 Å². The first-order valence-electron chi connectivity index (χ1n) is 5.13. The van der Waals surface area contributed by atoms with Crippen molar-refractivity contribution in [2.45, 2.75) is 19.6 Å². The Morgan fingerprint density at radius 1 is 1.36 bits per heavy atom. The molecule has 0 aliphatic carbocycles. The maximum atomic E-state index is 5.91. The average molecular weight is 199 g/mol. The van der Waals surface area contributed by atoms with Gasteiger partial charge in [-0.15, -0.1) is 0 Å². The molecule has 1 rings (SSSR count). The number of hydrogen-bond acceptors (Lipinski definition) is 4. The lowest BCUT2D eigenvalue weighted by Gasteiger charge is -2.34. The van der Waals surface area contributed by atoms with Crippen LogP contribution in [0.2, 0.25) is 0 Å². The highest BCUT2D eigenvalue weighted by Gasteiger charge is 2.18. The zero-order valence-corrected chi connectivity index (χ0v) is 9.11. The van der Waals surface area contributed by atoms with Crippen LogP contribution in [0, 0.1) is 0 Å². The highest BCUT2D eigenvalue weighted by Crippen LogP contribution is 2.02. The molecule has 0 saturated carbocycles. The SMILES string of the molecule is CC/C(N)=N/C(N)N1CCN(C)CC1. The molecule has 1 aliphatic heterocycles. The van der Waals surface area contributed by atoms with Crippen molar-refractivity contribution in [2.24, 2.45) is 16.5 Å². The summed E-state index contributed by atoms with van der Waals surface area (Å²) in [4.78, 5) is 8.67. The van der Waals surface area contributed by atoms with Gasteiger partial charge in [0, 0.05) is 32.6 Å². The van der Waals surface area contributed by atoms with Crippen molar-refractivity contribution < 1.29 is 0 Å². The summed E-state index contributed by atoms with van der Waals surface area (Å²) in [5.74, 6) is 0.636. The standard InChI is InChI=1S/C9H21N5/c1-3-8(10)12-9(11)14-6-4-13(2)5-7-14/h9H,3-7,11H2,1-2H3,(H2,10,12). The molecule has 82 valence electrons. The Bertz CT molecular complexity index is 195. The van der Waals surface area contributed by atoms with Gasteiger partial charge in [-0.3, -0.25) is 10.6 Å². The lowest BCUT2D eigenvalue weighted by Crippen LogP contribution is -2.52. The van der Waals surface area contributed by atoms with E-state index in [0.29, 0.717) is 5.84 Å². The molecule has 1 aliphatic rings. The van der Waals surface area contributed by atoms with Crippen LogP contribution in [-0.4, -0.2) is 55.2 Å². The third-order valence-corrected chi connectivity index (χ3v) is 2.57. The monoisotopic (exact) mass is 199 g/mol. The molecule has 1 fully saturated rings. The predicted octanol–water partition coefficient (Wildman–Crippen LogP) is -0.757. The third kappa shape index (κ3) is 3.25. The first-order chi connectivity index (χ1) is 6.63. The van der Waals surface area contributed by atoms with E-state index >= 15 is 0 Å². The quantitative estimate of drug-likeness (QED) is 0.463. The van der Waals surface area contributed by atoms with Crippen LogP contribution in [0.25, 0.3) is 0 Å². The van der Waals surface area contributed by atoms with Gasteiger partial charge in [-0.2, -0.15) is 0 Å². The van der Waals surface area contributed by atoms with Crippen molar-refractivity contribution >= 4 is 5.84 Å². The minimum Gasteiger partial charge on any atom is -0.387 e. The number of amidine groups is 1. The Morgan fingerprint density at radius 3 is 2.43 bits per heavy atom. The molecule has 4 N–H and O–H groups in total. The zero-order chi connectivity index (χ0) is 10.6. The Labute approximate surface area is 85.7 Å². The molecule has 5 heteroatoms. The normalized spacial score (nSPS) is 23.8. The number of hydrogen-bond donors (Lipinski definition) is 2. The second-order valence-corrected chi connectivity index (χ2v) is 3.73. The zero-order valence-electron chi connectivity index (χ0n) is 9.11. The van der Waals surface area contributed by atoms with Crippen molar-refractivity contribution in [1.29, 1.82) is 0 Å². The molecule has 0 spiro atoms. The molecule has 0 aromatic carbocycles. The number of nitrogens with two attached hydrogens (primary N) is 2. The van der Waals surface area contributed by atoms with E-state index in [1.165, 1.54) is 0 Å². The van der Waals surface area contributed by atoms with Crippen LogP contribution in [0.5, 0.6) is 0 Å². The molecule has 0 radical (unpaired) electrons. The lowest BCUT2D eigenvalue weighted by molar-refractivity contribution is 0.117. The van der Waals surface area contributed by atoms with Crippen LogP contribution in [0.4, 0.5) is 0 Å². The molecule has 1 saturated heterocycles. The van der Waals surface area contributed by atoms with E-state index < -0.39 is 0 Å². The van der Waals surface area contributed by atoms with Gasteiger partial charge in [-0.25, -0.2) is 4.99 Å². The van der Waals surface area contributed by atoms with Gasteiger partial charge in [-0.05, 0) is 7.05 Å². The fourth-order valence-corrected chi connectivity index (χ4v) is 1.43. The van der Waals surface area contributed by atoms with Gasteiger partial charge in [0.2, 0.25) is 0 Å². The van der Waals surface area contributed by atoms with Crippen LogP contribution in [0.1, 0.15) is 13.3 Å². The average Bonchev–Trinajstić information content (AvgIpc) is 2.18. The topological polar surface area (TPSA) is 70.9 Å². The van der Waals surface area contributed by atoms with Gasteiger partial charge in [-0.1, -0.05) is 6.92 Å². The molecule has 1 atom stereocenters. The van der Waals surface area contributed by atoms with Crippen molar-refractivity contribution in [3.05, 3.63) is 0 Å². The highest BCUT2D eigenvalue weighted by atomic mass is 15.4. The number of rotatable bonds is 3. The van der Waals surface area contributed by atoms with E-state index in [4.69, 9.17) is 11.5 Å². The highest BCUT2D eigenvalue weighted by molar-refractivity contribution is 5.80. The maximum Gasteiger partial charge on any atom is 0.155 e. The van der Waals surface area contributed by atoms with E-state index in [1.807, 2.05) is 6.92 Å². The molecule has 0 aromatic heterocycles. The summed E-state index contributed by atoms with van der Waals surface area (Å²) < 4.78 is 0. The summed E-state index contributed by atoms with van der Waals surface area (Å²) >= 11 is 0. The smallest absolute Gasteiger partial charge is 0.155 e. The number of piperazine rings is 1. The number of aliphatic imine (C=N–C) groups is 1. The van der Waals surface area contributed by atoms with Crippen LogP contribution < -0.4 is 11.5 Å². The summed E-state index contributed by atoms with van der Waals surface area (Å²) in [6.45, 7) is 6.02. The Balaban J connectivity index is 2.41. The minimum atomic E-state index is -0.261. The van der Waals surface area contributed by atoms with Crippen LogP contribution in [0.3, 0.4) is 0 Å². The molecule has 1 unspecified atom stereocenters. The molecule has 0 aromatic rings. The van der Waals surface area contributed by atoms with Crippen LogP contribution in [-0.2, 0) is 0 Å². The fourth-order valence-electron chi connectivity index (χ4n) is 1.43. The van der Waals surface area contributed by atoms with Gasteiger partial charge in [0.05, 0.1) is 5.84 Å². The summed E-state index contributed by atoms with van der Waals surface area (Å²) in [7, 11) is 2.12. The predicted molar refractivity (Wildman–Crippen MR) is 59.0 cm³/mol. The maximum absolute atomic E-state index is 5.91. The van der Waals surface area contributed by atoms with Gasteiger partial charge in [0.15, 0.2) is 6.29 Å². The third-order valence-electron chi connectivity index (χ3n) is 2.57. The number of likely N-dealkylation sites (N-methyl/N-ethyl adjacent to an activating group) is 1. The van der Waals surface area contributed by atoms with E-state index in [2.05, 4.69) is 21.8 Å². The summed E-state index contributed by atoms with van der Waals surface area (Å²) in [5.41, 5.74) is 11.6.